The minimum atomic E-state index is -4.36. The van der Waals surface area contributed by atoms with Crippen molar-refractivity contribution in [3.63, 3.8) is 0 Å². The molecule has 1 atom stereocenters. The Bertz CT molecular complexity index is 582. The van der Waals surface area contributed by atoms with E-state index < -0.39 is 11.7 Å². The molecule has 2 aromatic heterocycles. The highest BCUT2D eigenvalue weighted by molar-refractivity contribution is 7.99. The first kappa shape index (κ1) is 15.8. The van der Waals surface area contributed by atoms with Crippen LogP contribution in [0.5, 0.6) is 0 Å². The second-order valence-corrected chi connectivity index (χ2v) is 5.47. The van der Waals surface area contributed by atoms with E-state index in [1.807, 2.05) is 26.1 Å². The van der Waals surface area contributed by atoms with Gasteiger partial charge in [0.15, 0.2) is 0 Å². The molecule has 0 aliphatic rings. The highest BCUT2D eigenvalue weighted by Gasteiger charge is 2.30. The van der Waals surface area contributed by atoms with E-state index in [4.69, 9.17) is 0 Å². The highest BCUT2D eigenvalue weighted by Crippen LogP contribution is 2.31. The van der Waals surface area contributed by atoms with Crippen LogP contribution in [-0.4, -0.2) is 17.0 Å². The van der Waals surface area contributed by atoms with E-state index in [9.17, 15) is 13.2 Å². The zero-order chi connectivity index (χ0) is 15.5. The van der Waals surface area contributed by atoms with E-state index in [2.05, 4.69) is 15.3 Å². The normalized spacial score (nSPS) is 13.2. The van der Waals surface area contributed by atoms with Crippen molar-refractivity contribution in [2.24, 2.45) is 0 Å². The van der Waals surface area contributed by atoms with Crippen molar-refractivity contribution in [1.29, 1.82) is 0 Å². The summed E-state index contributed by atoms with van der Waals surface area (Å²) in [7, 11) is 1.86. The Morgan fingerprint density at radius 3 is 2.10 bits per heavy atom. The van der Waals surface area contributed by atoms with E-state index in [0.29, 0.717) is 10.1 Å². The molecule has 0 saturated heterocycles. The summed E-state index contributed by atoms with van der Waals surface area (Å²) in [6.07, 6.45) is -1.78. The Kier molecular flexibility index (Phi) is 4.84. The molecule has 0 amide bonds. The summed E-state index contributed by atoms with van der Waals surface area (Å²) in [5.41, 5.74) is 0.292. The van der Waals surface area contributed by atoms with Gasteiger partial charge in [0.1, 0.15) is 10.1 Å². The van der Waals surface area contributed by atoms with Crippen molar-refractivity contribution in [2.45, 2.75) is 29.2 Å². The predicted molar refractivity (Wildman–Crippen MR) is 75.1 cm³/mol. The van der Waals surface area contributed by atoms with Gasteiger partial charge in [-0.2, -0.15) is 13.2 Å². The van der Waals surface area contributed by atoms with Gasteiger partial charge in [-0.05, 0) is 37.7 Å². The van der Waals surface area contributed by atoms with Crippen LogP contribution in [0, 0.1) is 0 Å². The maximum atomic E-state index is 12.4. The van der Waals surface area contributed by atoms with Gasteiger partial charge in [-0.3, -0.25) is 0 Å². The van der Waals surface area contributed by atoms with Crippen molar-refractivity contribution in [2.75, 3.05) is 7.05 Å². The first-order valence-corrected chi connectivity index (χ1v) is 7.06. The summed E-state index contributed by atoms with van der Waals surface area (Å²) < 4.78 is 37.3. The predicted octanol–water partition coefficient (Wildman–Crippen LogP) is 3.93. The zero-order valence-electron chi connectivity index (χ0n) is 11.5. The molecular formula is C14H14F3N3S. The lowest BCUT2D eigenvalue weighted by Gasteiger charge is -2.10. The monoisotopic (exact) mass is 313 g/mol. The van der Waals surface area contributed by atoms with Crippen LogP contribution in [0.3, 0.4) is 0 Å². The van der Waals surface area contributed by atoms with Crippen molar-refractivity contribution < 1.29 is 13.2 Å². The molecule has 0 aromatic carbocycles. The SMILES string of the molecule is CNC(C)c1ccc(Sc2ccc(C(F)(F)F)cn2)nc1. The minimum absolute atomic E-state index is 0.195. The Hall–Kier alpha value is -1.60. The lowest BCUT2D eigenvalue weighted by atomic mass is 10.1. The Labute approximate surface area is 125 Å². The third-order valence-corrected chi connectivity index (χ3v) is 3.87. The summed E-state index contributed by atoms with van der Waals surface area (Å²) in [6.45, 7) is 2.02. The van der Waals surface area contributed by atoms with Gasteiger partial charge >= 0.3 is 6.18 Å². The maximum Gasteiger partial charge on any atom is 0.417 e. The molecule has 112 valence electrons. The average molecular weight is 313 g/mol. The first-order chi connectivity index (χ1) is 9.90. The standard InChI is InChI=1S/C14H14F3N3S/c1-9(18-2)10-3-5-12(19-7-10)21-13-6-4-11(8-20-13)14(15,16)17/h3-9,18H,1-2H3. The van der Waals surface area contributed by atoms with Gasteiger partial charge in [0.2, 0.25) is 0 Å². The first-order valence-electron chi connectivity index (χ1n) is 6.24. The fraction of sp³-hybridized carbons (Fsp3) is 0.286. The molecule has 2 aromatic rings. The van der Waals surface area contributed by atoms with Gasteiger partial charge in [-0.1, -0.05) is 17.8 Å². The second kappa shape index (κ2) is 6.44. The van der Waals surface area contributed by atoms with Crippen LogP contribution in [0.15, 0.2) is 46.7 Å². The molecule has 3 nitrogen and oxygen atoms in total. The average Bonchev–Trinajstić information content (AvgIpc) is 2.47. The van der Waals surface area contributed by atoms with Crippen molar-refractivity contribution in [3.05, 3.63) is 47.8 Å². The van der Waals surface area contributed by atoms with E-state index in [1.165, 1.54) is 17.8 Å². The summed E-state index contributed by atoms with van der Waals surface area (Å²) in [5.74, 6) is 0. The molecule has 0 saturated carbocycles. The molecular weight excluding hydrogens is 299 g/mol. The Morgan fingerprint density at radius 1 is 1.05 bits per heavy atom. The molecule has 0 spiro atoms. The molecule has 7 heteroatoms. The zero-order valence-corrected chi connectivity index (χ0v) is 12.3. The maximum absolute atomic E-state index is 12.4. The topological polar surface area (TPSA) is 37.8 Å². The Balaban J connectivity index is 2.08. The molecule has 0 bridgehead atoms. The van der Waals surface area contributed by atoms with Gasteiger partial charge < -0.3 is 5.32 Å². The van der Waals surface area contributed by atoms with Crippen molar-refractivity contribution in [1.82, 2.24) is 15.3 Å². The number of nitrogens with zero attached hydrogens (tertiary/aromatic N) is 2. The lowest BCUT2D eigenvalue weighted by molar-refractivity contribution is -0.137. The third-order valence-electron chi connectivity index (χ3n) is 2.97. The summed E-state index contributed by atoms with van der Waals surface area (Å²) in [4.78, 5) is 8.08. The van der Waals surface area contributed by atoms with E-state index >= 15 is 0 Å². The van der Waals surface area contributed by atoms with Gasteiger partial charge in [0, 0.05) is 18.4 Å². The summed E-state index contributed by atoms with van der Waals surface area (Å²) in [6, 6.07) is 6.32. The van der Waals surface area contributed by atoms with E-state index in [1.54, 1.807) is 6.20 Å². The number of rotatable bonds is 4. The molecule has 0 aliphatic carbocycles. The van der Waals surface area contributed by atoms with Crippen molar-refractivity contribution >= 4 is 11.8 Å². The largest absolute Gasteiger partial charge is 0.417 e. The molecule has 1 unspecified atom stereocenters. The molecule has 0 fully saturated rings. The molecule has 1 N–H and O–H groups in total. The van der Waals surface area contributed by atoms with Crippen LogP contribution >= 0.6 is 11.8 Å². The molecule has 2 heterocycles. The fourth-order valence-electron chi connectivity index (χ4n) is 1.59. The number of halogens is 3. The van der Waals surface area contributed by atoms with Crippen molar-refractivity contribution in [3.8, 4) is 0 Å². The van der Waals surface area contributed by atoms with Gasteiger partial charge in [-0.25, -0.2) is 9.97 Å². The Morgan fingerprint density at radius 2 is 1.67 bits per heavy atom. The molecule has 0 aliphatic heterocycles. The molecule has 0 radical (unpaired) electrons. The van der Waals surface area contributed by atoms with Crippen LogP contribution < -0.4 is 5.32 Å². The fourth-order valence-corrected chi connectivity index (χ4v) is 2.29. The lowest BCUT2D eigenvalue weighted by Crippen LogP contribution is -2.12. The number of hydrogen-bond acceptors (Lipinski definition) is 4. The van der Waals surface area contributed by atoms with Crippen LogP contribution in [0.4, 0.5) is 13.2 Å². The van der Waals surface area contributed by atoms with Crippen LogP contribution in [0.2, 0.25) is 0 Å². The number of aromatic nitrogens is 2. The molecule has 2 rings (SSSR count). The summed E-state index contributed by atoms with van der Waals surface area (Å²) in [5, 5.41) is 4.27. The van der Waals surface area contributed by atoms with Gasteiger partial charge in [0.05, 0.1) is 5.56 Å². The third kappa shape index (κ3) is 4.18. The van der Waals surface area contributed by atoms with E-state index in [-0.39, 0.29) is 6.04 Å². The van der Waals surface area contributed by atoms with Crippen LogP contribution in [-0.2, 0) is 6.18 Å². The van der Waals surface area contributed by atoms with E-state index in [0.717, 1.165) is 17.8 Å². The highest BCUT2D eigenvalue weighted by atomic mass is 32.2. The minimum Gasteiger partial charge on any atom is -0.313 e. The summed E-state index contributed by atoms with van der Waals surface area (Å²) >= 11 is 1.22. The van der Waals surface area contributed by atoms with Gasteiger partial charge in [0.25, 0.3) is 0 Å². The smallest absolute Gasteiger partial charge is 0.313 e. The van der Waals surface area contributed by atoms with Gasteiger partial charge in [-0.15, -0.1) is 0 Å². The quantitative estimate of drug-likeness (QED) is 0.928. The number of hydrogen-bond donors (Lipinski definition) is 1. The number of nitrogens with one attached hydrogen (secondary N) is 1. The number of pyridine rings is 2. The number of alkyl halides is 3. The van der Waals surface area contributed by atoms with Crippen LogP contribution in [0.25, 0.3) is 0 Å². The second-order valence-electron chi connectivity index (χ2n) is 4.43. The van der Waals surface area contributed by atoms with Crippen LogP contribution in [0.1, 0.15) is 24.1 Å². The molecule has 21 heavy (non-hydrogen) atoms.